The summed E-state index contributed by atoms with van der Waals surface area (Å²) >= 11 is 0. The molecule has 0 aliphatic carbocycles. The largest absolute Gasteiger partial charge is 0.383 e. The number of nitrogens with one attached hydrogen (secondary N) is 1. The maximum absolute atomic E-state index is 14.0. The maximum Gasteiger partial charge on any atom is 0.148 e. The standard InChI is InChI=1S/C14H21FN2O/c1-11(10-18-2)16-12-5-6-14(13(15)9-12)17-7-3-4-8-17/h5-6,9,11,16H,3-4,7-8,10H2,1-2H3. The fourth-order valence-corrected chi connectivity index (χ4v) is 2.39. The molecule has 0 spiro atoms. The van der Waals surface area contributed by atoms with Crippen LogP contribution in [0.3, 0.4) is 0 Å². The van der Waals surface area contributed by atoms with Gasteiger partial charge in [-0.2, -0.15) is 0 Å². The minimum Gasteiger partial charge on any atom is -0.383 e. The SMILES string of the molecule is COCC(C)Nc1ccc(N2CCCC2)c(F)c1. The van der Waals surface area contributed by atoms with Crippen molar-refractivity contribution in [2.45, 2.75) is 25.8 Å². The van der Waals surface area contributed by atoms with E-state index in [1.165, 1.54) is 0 Å². The zero-order valence-corrected chi connectivity index (χ0v) is 11.1. The topological polar surface area (TPSA) is 24.5 Å². The minimum atomic E-state index is -0.147. The maximum atomic E-state index is 14.0. The van der Waals surface area contributed by atoms with Gasteiger partial charge in [0.25, 0.3) is 0 Å². The zero-order chi connectivity index (χ0) is 13.0. The van der Waals surface area contributed by atoms with Gasteiger partial charge in [0.2, 0.25) is 0 Å². The molecule has 1 aliphatic heterocycles. The number of halogens is 1. The smallest absolute Gasteiger partial charge is 0.148 e. The van der Waals surface area contributed by atoms with E-state index in [0.717, 1.165) is 37.3 Å². The minimum absolute atomic E-state index is 0.147. The molecule has 1 unspecified atom stereocenters. The summed E-state index contributed by atoms with van der Waals surface area (Å²) in [6, 6.07) is 5.54. The summed E-state index contributed by atoms with van der Waals surface area (Å²) in [7, 11) is 1.66. The van der Waals surface area contributed by atoms with Gasteiger partial charge >= 0.3 is 0 Å². The Bertz CT molecular complexity index is 391. The van der Waals surface area contributed by atoms with Gasteiger partial charge in [-0.1, -0.05) is 0 Å². The highest BCUT2D eigenvalue weighted by Gasteiger charge is 2.16. The lowest BCUT2D eigenvalue weighted by Crippen LogP contribution is -2.22. The Morgan fingerprint density at radius 3 is 2.72 bits per heavy atom. The van der Waals surface area contributed by atoms with Gasteiger partial charge in [-0.25, -0.2) is 4.39 Å². The lowest BCUT2D eigenvalue weighted by Gasteiger charge is -2.20. The van der Waals surface area contributed by atoms with Crippen LogP contribution in [0.15, 0.2) is 18.2 Å². The second kappa shape index (κ2) is 6.05. The molecule has 0 bridgehead atoms. The van der Waals surface area contributed by atoms with Crippen LogP contribution in [0.2, 0.25) is 0 Å². The molecule has 1 atom stereocenters. The average molecular weight is 252 g/mol. The monoisotopic (exact) mass is 252 g/mol. The fourth-order valence-electron chi connectivity index (χ4n) is 2.39. The van der Waals surface area contributed by atoms with Crippen molar-refractivity contribution in [2.75, 3.05) is 37.0 Å². The van der Waals surface area contributed by atoms with Gasteiger partial charge in [0.15, 0.2) is 0 Å². The molecule has 1 aromatic rings. The molecule has 3 nitrogen and oxygen atoms in total. The Morgan fingerprint density at radius 1 is 1.39 bits per heavy atom. The van der Waals surface area contributed by atoms with Crippen LogP contribution in [0, 0.1) is 5.82 Å². The van der Waals surface area contributed by atoms with Gasteiger partial charge in [-0.3, -0.25) is 0 Å². The molecule has 0 saturated carbocycles. The quantitative estimate of drug-likeness (QED) is 0.872. The van der Waals surface area contributed by atoms with Gasteiger partial charge in [0.05, 0.1) is 12.3 Å². The number of ether oxygens (including phenoxy) is 1. The number of hydrogen-bond donors (Lipinski definition) is 1. The summed E-state index contributed by atoms with van der Waals surface area (Å²) in [5, 5.41) is 3.22. The van der Waals surface area contributed by atoms with E-state index in [0.29, 0.717) is 6.61 Å². The van der Waals surface area contributed by atoms with Crippen LogP contribution in [0.1, 0.15) is 19.8 Å². The second-order valence-corrected chi connectivity index (χ2v) is 4.86. The third-order valence-electron chi connectivity index (χ3n) is 3.22. The van der Waals surface area contributed by atoms with Gasteiger partial charge in [-0.15, -0.1) is 0 Å². The second-order valence-electron chi connectivity index (χ2n) is 4.86. The number of rotatable bonds is 5. The van der Waals surface area contributed by atoms with Crippen LogP contribution < -0.4 is 10.2 Å². The lowest BCUT2D eigenvalue weighted by atomic mass is 10.2. The van der Waals surface area contributed by atoms with Crippen LogP contribution in [-0.4, -0.2) is 32.8 Å². The van der Waals surface area contributed by atoms with E-state index in [9.17, 15) is 4.39 Å². The van der Waals surface area contributed by atoms with Crippen molar-refractivity contribution >= 4 is 11.4 Å². The average Bonchev–Trinajstić information content (AvgIpc) is 2.82. The summed E-state index contributed by atoms with van der Waals surface area (Å²) in [4.78, 5) is 2.11. The predicted molar refractivity (Wildman–Crippen MR) is 72.8 cm³/mol. The zero-order valence-electron chi connectivity index (χ0n) is 11.1. The molecule has 1 fully saturated rings. The van der Waals surface area contributed by atoms with Crippen molar-refractivity contribution in [1.82, 2.24) is 0 Å². The highest BCUT2D eigenvalue weighted by Crippen LogP contribution is 2.26. The van der Waals surface area contributed by atoms with Crippen molar-refractivity contribution in [2.24, 2.45) is 0 Å². The summed E-state index contributed by atoms with van der Waals surface area (Å²) in [5.74, 6) is -0.147. The lowest BCUT2D eigenvalue weighted by molar-refractivity contribution is 0.190. The first-order chi connectivity index (χ1) is 8.70. The summed E-state index contributed by atoms with van der Waals surface area (Å²) in [6.07, 6.45) is 2.31. The Labute approximate surface area is 108 Å². The van der Waals surface area contributed by atoms with E-state index in [1.807, 2.05) is 19.1 Å². The Hall–Kier alpha value is -1.29. The van der Waals surface area contributed by atoms with Crippen LogP contribution in [0.4, 0.5) is 15.8 Å². The molecule has 1 saturated heterocycles. The molecule has 0 radical (unpaired) electrons. The third kappa shape index (κ3) is 3.13. The number of methoxy groups -OCH3 is 1. The summed E-state index contributed by atoms with van der Waals surface area (Å²) in [6.45, 7) is 4.54. The number of benzene rings is 1. The van der Waals surface area contributed by atoms with Gasteiger partial charge in [0.1, 0.15) is 5.82 Å². The van der Waals surface area contributed by atoms with E-state index >= 15 is 0 Å². The van der Waals surface area contributed by atoms with E-state index in [4.69, 9.17) is 4.74 Å². The Kier molecular flexibility index (Phi) is 4.42. The highest BCUT2D eigenvalue weighted by molar-refractivity contribution is 5.57. The van der Waals surface area contributed by atoms with Crippen LogP contribution >= 0.6 is 0 Å². The van der Waals surface area contributed by atoms with Crippen LogP contribution in [-0.2, 0) is 4.74 Å². The fraction of sp³-hybridized carbons (Fsp3) is 0.571. The van der Waals surface area contributed by atoms with Crippen LogP contribution in [0.5, 0.6) is 0 Å². The van der Waals surface area contributed by atoms with E-state index < -0.39 is 0 Å². The van der Waals surface area contributed by atoms with E-state index in [-0.39, 0.29) is 11.9 Å². The Morgan fingerprint density at radius 2 is 2.11 bits per heavy atom. The van der Waals surface area contributed by atoms with Crippen molar-refractivity contribution in [3.05, 3.63) is 24.0 Å². The summed E-state index contributed by atoms with van der Waals surface area (Å²) < 4.78 is 19.1. The Balaban J connectivity index is 2.04. The molecule has 1 N–H and O–H groups in total. The molecule has 0 amide bonds. The molecule has 1 aromatic carbocycles. The van der Waals surface area contributed by atoms with Gasteiger partial charge in [-0.05, 0) is 38.0 Å². The molecule has 0 aromatic heterocycles. The molecule has 2 rings (SSSR count). The third-order valence-corrected chi connectivity index (χ3v) is 3.22. The van der Waals surface area contributed by atoms with Gasteiger partial charge in [0, 0.05) is 31.9 Å². The number of hydrogen-bond acceptors (Lipinski definition) is 3. The van der Waals surface area contributed by atoms with Gasteiger partial charge < -0.3 is 15.0 Å². The van der Waals surface area contributed by atoms with E-state index in [2.05, 4.69) is 10.2 Å². The van der Waals surface area contributed by atoms with Crippen molar-refractivity contribution in [1.29, 1.82) is 0 Å². The molecule has 1 aliphatic rings. The number of nitrogens with zero attached hydrogens (tertiary/aromatic N) is 1. The molecule has 4 heteroatoms. The molecule has 1 heterocycles. The first-order valence-electron chi connectivity index (χ1n) is 6.50. The molecular formula is C14H21FN2O. The summed E-state index contributed by atoms with van der Waals surface area (Å²) in [5.41, 5.74) is 1.53. The van der Waals surface area contributed by atoms with Crippen molar-refractivity contribution in [3.8, 4) is 0 Å². The van der Waals surface area contributed by atoms with Crippen molar-refractivity contribution < 1.29 is 9.13 Å². The van der Waals surface area contributed by atoms with Crippen LogP contribution in [0.25, 0.3) is 0 Å². The highest BCUT2D eigenvalue weighted by atomic mass is 19.1. The normalized spacial score (nSPS) is 16.9. The van der Waals surface area contributed by atoms with Crippen molar-refractivity contribution in [3.63, 3.8) is 0 Å². The first kappa shape index (κ1) is 13.1. The molecular weight excluding hydrogens is 231 g/mol. The molecule has 100 valence electrons. The predicted octanol–water partition coefficient (Wildman–Crippen LogP) is 2.87. The first-order valence-corrected chi connectivity index (χ1v) is 6.50. The number of anilines is 2. The molecule has 18 heavy (non-hydrogen) atoms. The van der Waals surface area contributed by atoms with E-state index in [1.54, 1.807) is 13.2 Å².